The molecule has 2 rings (SSSR count). The van der Waals surface area contributed by atoms with Gasteiger partial charge in [-0.05, 0) is 24.3 Å². The maximum atomic E-state index is 13.7. The highest BCUT2D eigenvalue weighted by Gasteiger charge is 2.18. The van der Waals surface area contributed by atoms with Crippen LogP contribution in [0.25, 0.3) is 0 Å². The molecule has 0 atom stereocenters. The Morgan fingerprint density at radius 1 is 1.32 bits per heavy atom. The van der Waals surface area contributed by atoms with Crippen molar-refractivity contribution in [3.8, 4) is 5.75 Å². The summed E-state index contributed by atoms with van der Waals surface area (Å²) in [6, 6.07) is 7.30. The molecule has 0 aliphatic carbocycles. The van der Waals surface area contributed by atoms with Crippen LogP contribution in [-0.4, -0.2) is 17.9 Å². The van der Waals surface area contributed by atoms with Gasteiger partial charge in [0, 0.05) is 17.2 Å². The van der Waals surface area contributed by atoms with Crippen molar-refractivity contribution in [2.24, 2.45) is 0 Å². The van der Waals surface area contributed by atoms with Crippen molar-refractivity contribution in [1.29, 1.82) is 0 Å². The number of methoxy groups -OCH3 is 1. The minimum atomic E-state index is -0.734. The molecule has 114 valence electrons. The van der Waals surface area contributed by atoms with Gasteiger partial charge in [-0.2, -0.15) is 0 Å². The van der Waals surface area contributed by atoms with Gasteiger partial charge >= 0.3 is 0 Å². The lowest BCUT2D eigenvalue weighted by Gasteiger charge is -2.10. The highest BCUT2D eigenvalue weighted by molar-refractivity contribution is 6.30. The Kier molecular flexibility index (Phi) is 4.57. The molecule has 2 aromatic rings. The maximum Gasteiger partial charge on any atom is 0.270 e. The van der Waals surface area contributed by atoms with Crippen molar-refractivity contribution in [2.75, 3.05) is 12.4 Å². The molecular formula is C14H10ClFN2O4. The number of carbonyl (C=O) groups excluding carboxylic acids is 1. The molecule has 22 heavy (non-hydrogen) atoms. The van der Waals surface area contributed by atoms with Crippen LogP contribution in [0.15, 0.2) is 36.4 Å². The molecule has 0 radical (unpaired) electrons. The Morgan fingerprint density at radius 2 is 2.05 bits per heavy atom. The van der Waals surface area contributed by atoms with E-state index in [1.54, 1.807) is 0 Å². The van der Waals surface area contributed by atoms with E-state index in [1.807, 2.05) is 0 Å². The second kappa shape index (κ2) is 6.40. The number of non-ortho nitro benzene ring substituents is 1. The third kappa shape index (κ3) is 3.32. The van der Waals surface area contributed by atoms with Gasteiger partial charge in [0.15, 0.2) is 0 Å². The molecule has 0 aromatic heterocycles. The van der Waals surface area contributed by atoms with Gasteiger partial charge in [-0.25, -0.2) is 4.39 Å². The second-order valence-electron chi connectivity index (χ2n) is 4.22. The van der Waals surface area contributed by atoms with Gasteiger partial charge in [-0.3, -0.25) is 14.9 Å². The smallest absolute Gasteiger partial charge is 0.270 e. The quantitative estimate of drug-likeness (QED) is 0.687. The van der Waals surface area contributed by atoms with E-state index in [4.69, 9.17) is 16.3 Å². The number of ether oxygens (including phenoxy) is 1. The van der Waals surface area contributed by atoms with E-state index in [2.05, 4.69) is 5.32 Å². The molecule has 0 saturated carbocycles. The van der Waals surface area contributed by atoms with Crippen LogP contribution in [-0.2, 0) is 0 Å². The Hall–Kier alpha value is -2.67. The van der Waals surface area contributed by atoms with Crippen molar-refractivity contribution in [3.63, 3.8) is 0 Å². The van der Waals surface area contributed by atoms with Crippen molar-refractivity contribution in [1.82, 2.24) is 0 Å². The number of nitro benzene ring substituents is 1. The zero-order valence-corrected chi connectivity index (χ0v) is 12.1. The molecule has 0 heterocycles. The summed E-state index contributed by atoms with van der Waals surface area (Å²) in [6.45, 7) is 0. The number of carbonyl (C=O) groups is 1. The molecule has 0 unspecified atom stereocenters. The first-order valence-electron chi connectivity index (χ1n) is 6.01. The summed E-state index contributed by atoms with van der Waals surface area (Å²) in [5, 5.41) is 13.3. The number of nitrogens with one attached hydrogen (secondary N) is 1. The summed E-state index contributed by atoms with van der Waals surface area (Å²) in [5.41, 5.74) is -0.448. The van der Waals surface area contributed by atoms with Crippen LogP contribution < -0.4 is 10.1 Å². The van der Waals surface area contributed by atoms with Crippen LogP contribution in [0.4, 0.5) is 15.8 Å². The second-order valence-corrected chi connectivity index (χ2v) is 4.66. The normalized spacial score (nSPS) is 10.1. The number of nitrogens with zero attached hydrogens (tertiary/aromatic N) is 1. The lowest BCUT2D eigenvalue weighted by atomic mass is 10.1. The maximum absolute atomic E-state index is 13.7. The van der Waals surface area contributed by atoms with Crippen LogP contribution in [0.5, 0.6) is 5.75 Å². The van der Waals surface area contributed by atoms with Gasteiger partial charge in [0.1, 0.15) is 11.6 Å². The van der Waals surface area contributed by atoms with Gasteiger partial charge in [-0.1, -0.05) is 11.6 Å². The van der Waals surface area contributed by atoms with Crippen LogP contribution in [0.1, 0.15) is 10.4 Å². The number of anilines is 1. The first-order chi connectivity index (χ1) is 10.4. The lowest BCUT2D eigenvalue weighted by Crippen LogP contribution is -2.14. The fourth-order valence-electron chi connectivity index (χ4n) is 1.77. The fraction of sp³-hybridized carbons (Fsp3) is 0.0714. The Labute approximate surface area is 129 Å². The molecule has 1 N–H and O–H groups in total. The zero-order chi connectivity index (χ0) is 16.3. The number of benzene rings is 2. The predicted molar refractivity (Wildman–Crippen MR) is 79.0 cm³/mol. The molecule has 0 saturated heterocycles. The zero-order valence-electron chi connectivity index (χ0n) is 11.3. The van der Waals surface area contributed by atoms with Gasteiger partial charge < -0.3 is 10.1 Å². The molecule has 0 fully saturated rings. The van der Waals surface area contributed by atoms with E-state index in [9.17, 15) is 19.3 Å². The third-order valence-electron chi connectivity index (χ3n) is 2.82. The third-order valence-corrected chi connectivity index (χ3v) is 3.05. The molecule has 0 spiro atoms. The largest absolute Gasteiger partial charge is 0.496 e. The first-order valence-corrected chi connectivity index (χ1v) is 6.39. The minimum absolute atomic E-state index is 0.0777. The number of hydrogen-bond acceptors (Lipinski definition) is 4. The predicted octanol–water partition coefficient (Wildman–Crippen LogP) is 3.65. The number of rotatable bonds is 4. The first kappa shape index (κ1) is 15.7. The molecular weight excluding hydrogens is 315 g/mol. The summed E-state index contributed by atoms with van der Waals surface area (Å²) in [7, 11) is 1.32. The van der Waals surface area contributed by atoms with E-state index in [0.717, 1.165) is 12.1 Å². The minimum Gasteiger partial charge on any atom is -0.496 e. The van der Waals surface area contributed by atoms with E-state index in [0.29, 0.717) is 0 Å². The monoisotopic (exact) mass is 324 g/mol. The van der Waals surface area contributed by atoms with Gasteiger partial charge in [0.25, 0.3) is 11.6 Å². The molecule has 8 heteroatoms. The molecule has 1 amide bonds. The number of hydrogen-bond donors (Lipinski definition) is 1. The van der Waals surface area contributed by atoms with Crippen molar-refractivity contribution < 1.29 is 18.8 Å². The van der Waals surface area contributed by atoms with E-state index in [1.165, 1.54) is 31.4 Å². The van der Waals surface area contributed by atoms with Crippen molar-refractivity contribution in [2.45, 2.75) is 0 Å². The number of amides is 1. The van der Waals surface area contributed by atoms with Gasteiger partial charge in [0.2, 0.25) is 0 Å². The summed E-state index contributed by atoms with van der Waals surface area (Å²) >= 11 is 5.63. The average Bonchev–Trinajstić information content (AvgIpc) is 2.49. The summed E-state index contributed by atoms with van der Waals surface area (Å²) in [5.74, 6) is -1.32. The highest BCUT2D eigenvalue weighted by atomic mass is 35.5. The molecule has 0 bridgehead atoms. The Bertz CT molecular complexity index is 752. The summed E-state index contributed by atoms with van der Waals surface area (Å²) in [4.78, 5) is 22.3. The van der Waals surface area contributed by atoms with Gasteiger partial charge in [-0.15, -0.1) is 0 Å². The lowest BCUT2D eigenvalue weighted by molar-refractivity contribution is -0.384. The molecule has 2 aromatic carbocycles. The van der Waals surface area contributed by atoms with Crippen LogP contribution in [0.3, 0.4) is 0 Å². The average molecular weight is 325 g/mol. The van der Waals surface area contributed by atoms with Crippen LogP contribution >= 0.6 is 11.6 Å². The SMILES string of the molecule is COc1ccc([N+](=O)[O-])cc1C(=O)Nc1ccc(Cl)cc1F. The molecule has 0 aliphatic heterocycles. The standard InChI is InChI=1S/C14H10ClFN2O4/c1-22-13-5-3-9(18(20)21)7-10(13)14(19)17-12-4-2-8(15)6-11(12)16/h2-7H,1H3,(H,17,19). The van der Waals surface area contributed by atoms with E-state index < -0.39 is 16.6 Å². The van der Waals surface area contributed by atoms with Crippen LogP contribution in [0, 0.1) is 15.9 Å². The topological polar surface area (TPSA) is 81.5 Å². The number of nitro groups is 1. The number of halogens is 2. The van der Waals surface area contributed by atoms with E-state index >= 15 is 0 Å². The summed E-state index contributed by atoms with van der Waals surface area (Å²) in [6.07, 6.45) is 0. The molecule has 0 aliphatic rings. The Balaban J connectivity index is 2.35. The fourth-order valence-corrected chi connectivity index (χ4v) is 1.93. The van der Waals surface area contributed by atoms with Gasteiger partial charge in [0.05, 0.1) is 23.3 Å². The van der Waals surface area contributed by atoms with E-state index in [-0.39, 0.29) is 27.7 Å². The Morgan fingerprint density at radius 3 is 2.64 bits per heavy atom. The van der Waals surface area contributed by atoms with Crippen LogP contribution in [0.2, 0.25) is 5.02 Å². The summed E-state index contributed by atoms with van der Waals surface area (Å²) < 4.78 is 18.7. The van der Waals surface area contributed by atoms with Crippen molar-refractivity contribution >= 4 is 28.9 Å². The molecule has 6 nitrogen and oxygen atoms in total. The van der Waals surface area contributed by atoms with Crippen molar-refractivity contribution in [3.05, 3.63) is 62.9 Å². The highest BCUT2D eigenvalue weighted by Crippen LogP contribution is 2.26.